The molecule has 3 rings (SSSR count). The van der Waals surface area contributed by atoms with E-state index in [4.69, 9.17) is 5.73 Å². The summed E-state index contributed by atoms with van der Waals surface area (Å²) in [6.07, 6.45) is 4.75. The quantitative estimate of drug-likeness (QED) is 0.628. The van der Waals surface area contributed by atoms with Gasteiger partial charge in [0.25, 0.3) is 0 Å². The summed E-state index contributed by atoms with van der Waals surface area (Å²) < 4.78 is 1.02. The summed E-state index contributed by atoms with van der Waals surface area (Å²) in [5.41, 5.74) is 7.25. The van der Waals surface area contributed by atoms with Gasteiger partial charge in [0.05, 0.1) is 5.41 Å². The number of nitrogens with zero attached hydrogens (tertiary/aromatic N) is 1. The monoisotopic (exact) mass is 384 g/mol. The minimum Gasteiger partial charge on any atom is -0.398 e. The van der Waals surface area contributed by atoms with Gasteiger partial charge in [-0.2, -0.15) is 0 Å². The van der Waals surface area contributed by atoms with Gasteiger partial charge in [-0.25, -0.2) is 0 Å². The molecule has 2 fully saturated rings. The number of hydrogen-bond donors (Lipinski definition) is 1. The fraction of sp³-hybridized carbons (Fsp3) is 0.562. The molecule has 2 aliphatic heterocycles. The Morgan fingerprint density at radius 2 is 1.80 bits per heavy atom. The lowest BCUT2D eigenvalue weighted by molar-refractivity contribution is -0.137. The molecule has 2 aliphatic rings. The standard InChI is InChI=1S/C16H21IN2O/c1-16(2,10-3-8-14(18)13(17)9-10)15(20)19-11-4-5-12(19)7-6-11/h3,8-9,11-12H,4-7,18H2,1-2H3. The van der Waals surface area contributed by atoms with E-state index in [1.807, 2.05) is 32.0 Å². The van der Waals surface area contributed by atoms with Gasteiger partial charge in [-0.1, -0.05) is 6.07 Å². The van der Waals surface area contributed by atoms with Gasteiger partial charge in [-0.15, -0.1) is 0 Å². The predicted octanol–water partition coefficient (Wildman–Crippen LogP) is 3.30. The van der Waals surface area contributed by atoms with Crippen molar-refractivity contribution in [3.63, 3.8) is 0 Å². The minimum atomic E-state index is -0.473. The summed E-state index contributed by atoms with van der Waals surface area (Å²) in [6, 6.07) is 6.92. The van der Waals surface area contributed by atoms with Crippen molar-refractivity contribution < 1.29 is 4.79 Å². The number of fused-ring (bicyclic) bond motifs is 2. The molecule has 0 radical (unpaired) electrons. The van der Waals surface area contributed by atoms with Gasteiger partial charge in [0, 0.05) is 21.3 Å². The van der Waals surface area contributed by atoms with Gasteiger partial charge in [0.15, 0.2) is 0 Å². The number of carbonyl (C=O) groups is 1. The number of rotatable bonds is 2. The van der Waals surface area contributed by atoms with Crippen LogP contribution < -0.4 is 5.73 Å². The van der Waals surface area contributed by atoms with E-state index in [1.54, 1.807) is 0 Å². The Labute approximate surface area is 134 Å². The lowest BCUT2D eigenvalue weighted by atomic mass is 9.83. The van der Waals surface area contributed by atoms with Crippen molar-refractivity contribution in [3.8, 4) is 0 Å². The third kappa shape index (κ3) is 2.12. The van der Waals surface area contributed by atoms with E-state index >= 15 is 0 Å². The van der Waals surface area contributed by atoms with Crippen molar-refractivity contribution in [1.29, 1.82) is 0 Å². The van der Waals surface area contributed by atoms with Gasteiger partial charge < -0.3 is 10.6 Å². The fourth-order valence-electron chi connectivity index (χ4n) is 3.61. The van der Waals surface area contributed by atoms with Gasteiger partial charge in [0.2, 0.25) is 5.91 Å². The SMILES string of the molecule is CC(C)(C(=O)N1C2CCC1CC2)c1ccc(N)c(I)c1. The highest BCUT2D eigenvalue weighted by Gasteiger charge is 2.46. The summed E-state index contributed by atoms with van der Waals surface area (Å²) >= 11 is 2.23. The number of nitrogen functional groups attached to an aromatic ring is 1. The van der Waals surface area contributed by atoms with Crippen LogP contribution in [0, 0.1) is 3.57 Å². The van der Waals surface area contributed by atoms with E-state index in [9.17, 15) is 4.79 Å². The maximum atomic E-state index is 13.0. The molecule has 0 unspecified atom stereocenters. The molecular weight excluding hydrogens is 363 g/mol. The molecule has 2 heterocycles. The second-order valence-corrected chi connectivity index (χ2v) is 7.70. The first-order valence-corrected chi connectivity index (χ1v) is 8.37. The lowest BCUT2D eigenvalue weighted by Gasteiger charge is -2.33. The number of benzene rings is 1. The van der Waals surface area contributed by atoms with Gasteiger partial charge in [-0.05, 0) is 79.8 Å². The molecule has 2 N–H and O–H groups in total. The summed E-state index contributed by atoms with van der Waals surface area (Å²) in [5, 5.41) is 0. The number of anilines is 1. The van der Waals surface area contributed by atoms with Crippen molar-refractivity contribution in [2.24, 2.45) is 0 Å². The van der Waals surface area contributed by atoms with Crippen molar-refractivity contribution in [3.05, 3.63) is 27.3 Å². The largest absolute Gasteiger partial charge is 0.398 e. The number of amides is 1. The maximum absolute atomic E-state index is 13.0. The first-order chi connectivity index (χ1) is 9.41. The van der Waals surface area contributed by atoms with Crippen LogP contribution in [0.1, 0.15) is 45.1 Å². The molecule has 2 bridgehead atoms. The Morgan fingerprint density at radius 3 is 2.30 bits per heavy atom. The highest BCUT2D eigenvalue weighted by molar-refractivity contribution is 14.1. The molecule has 3 nitrogen and oxygen atoms in total. The second kappa shape index (κ2) is 4.90. The van der Waals surface area contributed by atoms with Gasteiger partial charge in [-0.3, -0.25) is 4.79 Å². The van der Waals surface area contributed by atoms with Crippen molar-refractivity contribution >= 4 is 34.2 Å². The Balaban J connectivity index is 1.91. The Kier molecular flexibility index (Phi) is 3.47. The molecule has 0 aromatic heterocycles. The van der Waals surface area contributed by atoms with E-state index in [0.717, 1.165) is 14.8 Å². The predicted molar refractivity (Wildman–Crippen MR) is 89.5 cm³/mol. The van der Waals surface area contributed by atoms with Crippen molar-refractivity contribution in [1.82, 2.24) is 4.90 Å². The zero-order valence-electron chi connectivity index (χ0n) is 12.0. The number of hydrogen-bond acceptors (Lipinski definition) is 2. The highest BCUT2D eigenvalue weighted by atomic mass is 127. The topological polar surface area (TPSA) is 46.3 Å². The molecule has 1 amide bonds. The average Bonchev–Trinajstić information content (AvgIpc) is 3.00. The van der Waals surface area contributed by atoms with Crippen molar-refractivity contribution in [2.45, 2.75) is 57.0 Å². The molecule has 0 aliphatic carbocycles. The average molecular weight is 384 g/mol. The minimum absolute atomic E-state index is 0.281. The molecule has 4 heteroatoms. The molecule has 20 heavy (non-hydrogen) atoms. The third-order valence-electron chi connectivity index (χ3n) is 4.94. The van der Waals surface area contributed by atoms with Crippen LogP contribution in [0.25, 0.3) is 0 Å². The summed E-state index contributed by atoms with van der Waals surface area (Å²) in [6.45, 7) is 4.07. The molecule has 1 aromatic rings. The van der Waals surface area contributed by atoms with Gasteiger partial charge in [0.1, 0.15) is 0 Å². The third-order valence-corrected chi connectivity index (χ3v) is 5.88. The zero-order valence-corrected chi connectivity index (χ0v) is 14.2. The Bertz CT molecular complexity index is 535. The number of halogens is 1. The van der Waals surface area contributed by atoms with Crippen LogP contribution >= 0.6 is 22.6 Å². The summed E-state index contributed by atoms with van der Waals surface area (Å²) in [7, 11) is 0. The number of nitrogens with two attached hydrogens (primary N) is 1. The lowest BCUT2D eigenvalue weighted by Crippen LogP contribution is -2.46. The van der Waals surface area contributed by atoms with E-state index in [0.29, 0.717) is 12.1 Å². The first-order valence-electron chi connectivity index (χ1n) is 7.29. The van der Waals surface area contributed by atoms with Crippen LogP contribution in [0.15, 0.2) is 18.2 Å². The molecule has 1 aromatic carbocycles. The van der Waals surface area contributed by atoms with Crippen LogP contribution in [0.4, 0.5) is 5.69 Å². The first kappa shape index (κ1) is 14.2. The van der Waals surface area contributed by atoms with Crippen LogP contribution in [0.3, 0.4) is 0 Å². The van der Waals surface area contributed by atoms with E-state index in [1.165, 1.54) is 25.7 Å². The second-order valence-electron chi connectivity index (χ2n) is 6.54. The molecule has 2 saturated heterocycles. The highest BCUT2D eigenvalue weighted by Crippen LogP contribution is 2.41. The zero-order chi connectivity index (χ0) is 14.5. The van der Waals surface area contributed by atoms with Crippen LogP contribution in [-0.4, -0.2) is 22.9 Å². The molecular formula is C16H21IN2O. The molecule has 0 atom stereocenters. The van der Waals surface area contributed by atoms with E-state index in [2.05, 4.69) is 27.5 Å². The molecule has 108 valence electrons. The Hall–Kier alpha value is -0.780. The van der Waals surface area contributed by atoms with E-state index < -0.39 is 5.41 Å². The Morgan fingerprint density at radius 1 is 1.25 bits per heavy atom. The van der Waals surface area contributed by atoms with Gasteiger partial charge >= 0.3 is 0 Å². The van der Waals surface area contributed by atoms with Crippen LogP contribution in [0.5, 0.6) is 0 Å². The van der Waals surface area contributed by atoms with E-state index in [-0.39, 0.29) is 5.91 Å². The molecule has 0 spiro atoms. The summed E-state index contributed by atoms with van der Waals surface area (Å²) in [5.74, 6) is 0.281. The molecule has 0 saturated carbocycles. The van der Waals surface area contributed by atoms with Crippen LogP contribution in [-0.2, 0) is 10.2 Å². The maximum Gasteiger partial charge on any atom is 0.233 e. The smallest absolute Gasteiger partial charge is 0.233 e. The summed E-state index contributed by atoms with van der Waals surface area (Å²) in [4.78, 5) is 15.2. The van der Waals surface area contributed by atoms with Crippen molar-refractivity contribution in [2.75, 3.05) is 5.73 Å². The number of carbonyl (C=O) groups excluding carboxylic acids is 1. The van der Waals surface area contributed by atoms with Crippen LogP contribution in [0.2, 0.25) is 0 Å². The normalized spacial score (nSPS) is 25.2. The fourth-order valence-corrected chi connectivity index (χ4v) is 4.12.